The lowest BCUT2D eigenvalue weighted by Gasteiger charge is -2.37. The summed E-state index contributed by atoms with van der Waals surface area (Å²) in [5.41, 5.74) is 10.3. The van der Waals surface area contributed by atoms with E-state index >= 15 is 0 Å². The molecule has 0 saturated heterocycles. The summed E-state index contributed by atoms with van der Waals surface area (Å²) in [6, 6.07) is 40.4. The fourth-order valence-corrected chi connectivity index (χ4v) is 15.2. The summed E-state index contributed by atoms with van der Waals surface area (Å²) < 4.78 is 11.6. The molecule has 5 aliphatic rings. The van der Waals surface area contributed by atoms with Gasteiger partial charge in [0.2, 0.25) is 21.9 Å². The van der Waals surface area contributed by atoms with Crippen molar-refractivity contribution in [2.45, 2.75) is 6.92 Å². The van der Waals surface area contributed by atoms with Crippen molar-refractivity contribution in [1.82, 2.24) is 24.4 Å². The number of fused-ring (bicyclic) bond motifs is 10. The molecule has 8 nitrogen and oxygen atoms in total. The van der Waals surface area contributed by atoms with Gasteiger partial charge in [0.05, 0.1) is 23.3 Å². The average molecular weight is 609 g/mol. The van der Waals surface area contributed by atoms with Gasteiger partial charge in [-0.25, -0.2) is 0 Å². The molecule has 13 rings (SSSR count). The van der Waals surface area contributed by atoms with Crippen molar-refractivity contribution in [1.29, 1.82) is 0 Å². The number of quaternary nitrogens is 1. The molecule has 0 fully saturated rings. The molecule has 0 amide bonds. The Kier molecular flexibility index (Phi) is 3.36. The van der Waals surface area contributed by atoms with Crippen LogP contribution in [-0.4, -0.2) is 27.6 Å². The largest absolute Gasteiger partial charge is 0.438 e. The molecule has 4 aromatic carbocycles. The topological polar surface area (TPSA) is 52.6 Å². The Morgan fingerprint density at radius 3 is 2.39 bits per heavy atom. The maximum atomic E-state index is 6.87. The number of nitrogens with zero attached hydrogens (tertiary/aromatic N) is 7. The van der Waals surface area contributed by atoms with Gasteiger partial charge in [-0.05, 0) is 63.9 Å². The van der Waals surface area contributed by atoms with Crippen LogP contribution in [-0.2, 0) is 0 Å². The second kappa shape index (κ2) is 6.84. The lowest BCUT2D eigenvalue weighted by molar-refractivity contribution is -1.07. The van der Waals surface area contributed by atoms with Crippen LogP contribution in [0.25, 0.3) is 50.1 Å². The number of aromatic nitrogens is 6. The van der Waals surface area contributed by atoms with Crippen molar-refractivity contribution in [3.05, 3.63) is 121 Å². The van der Waals surface area contributed by atoms with E-state index in [0.717, 1.165) is 40.0 Å². The first-order chi connectivity index (χ1) is 22.7. The first kappa shape index (κ1) is 22.6. The monoisotopic (exact) mass is 608 g/mol. The summed E-state index contributed by atoms with van der Waals surface area (Å²) in [5, 5.41) is 18.5. The summed E-state index contributed by atoms with van der Waals surface area (Å²) in [5.74, 6) is 1.57. The summed E-state index contributed by atoms with van der Waals surface area (Å²) in [6.45, 7) is 2.07. The van der Waals surface area contributed by atoms with Gasteiger partial charge in [-0.2, -0.15) is 4.57 Å². The second-order valence-corrected chi connectivity index (χ2v) is 16.6. The molecule has 1 unspecified atom stereocenters. The number of benzene rings is 4. The maximum absolute atomic E-state index is 6.87. The molecule has 0 saturated carbocycles. The van der Waals surface area contributed by atoms with Gasteiger partial charge in [-0.15, -0.1) is 5.10 Å². The maximum Gasteiger partial charge on any atom is 0.438 e. The predicted octanol–water partition coefficient (Wildman–Crippen LogP) is 3.03. The van der Waals surface area contributed by atoms with Crippen LogP contribution in [0.1, 0.15) is 5.69 Å². The number of para-hydroxylation sites is 1. The Bertz CT molecular complexity index is 2790. The predicted molar refractivity (Wildman–Crippen MR) is 176 cm³/mol. The first-order valence-corrected chi connectivity index (χ1v) is 17.7. The Labute approximate surface area is 262 Å². The van der Waals surface area contributed by atoms with Gasteiger partial charge in [-0.1, -0.05) is 66.7 Å². The minimum absolute atomic E-state index is 0.115. The third-order valence-corrected chi connectivity index (χ3v) is 15.9. The lowest BCUT2D eigenvalue weighted by atomic mass is 10.1. The molecule has 5 aliphatic heterocycles. The zero-order valence-electron chi connectivity index (χ0n) is 24.5. The third kappa shape index (κ3) is 1.97. The molecule has 0 bridgehead atoms. The normalized spacial score (nSPS) is 18.5. The fourth-order valence-electron chi connectivity index (χ4n) is 9.65. The zero-order valence-corrected chi connectivity index (χ0v) is 25.5. The van der Waals surface area contributed by atoms with Gasteiger partial charge in [0.15, 0.2) is 8.07 Å². The van der Waals surface area contributed by atoms with Gasteiger partial charge in [-0.3, -0.25) is 0 Å². The van der Waals surface area contributed by atoms with E-state index in [2.05, 4.69) is 129 Å². The van der Waals surface area contributed by atoms with E-state index in [9.17, 15) is 0 Å². The van der Waals surface area contributed by atoms with E-state index in [1.165, 1.54) is 53.9 Å². The third-order valence-electron chi connectivity index (χ3n) is 11.0. The molecule has 1 atom stereocenters. The van der Waals surface area contributed by atoms with Crippen molar-refractivity contribution in [2.24, 2.45) is 0 Å². The van der Waals surface area contributed by atoms with Crippen LogP contribution in [0.2, 0.25) is 0 Å². The van der Waals surface area contributed by atoms with E-state index < -0.39 is 8.07 Å². The van der Waals surface area contributed by atoms with Crippen molar-refractivity contribution >= 4 is 56.4 Å². The van der Waals surface area contributed by atoms with E-state index in [1.54, 1.807) is 0 Å². The van der Waals surface area contributed by atoms with Crippen molar-refractivity contribution in [3.63, 3.8) is 0 Å². The Hall–Kier alpha value is -5.90. The van der Waals surface area contributed by atoms with E-state index in [4.69, 9.17) is 14.9 Å². The van der Waals surface area contributed by atoms with Crippen LogP contribution < -0.4 is 39.8 Å². The average Bonchev–Trinajstić information content (AvgIpc) is 3.81. The van der Waals surface area contributed by atoms with Gasteiger partial charge >= 0.3 is 22.9 Å². The Morgan fingerprint density at radius 2 is 1.54 bits per heavy atom. The summed E-state index contributed by atoms with van der Waals surface area (Å²) in [4.78, 5) is 4.41. The minimum atomic E-state index is -2.80. The summed E-state index contributed by atoms with van der Waals surface area (Å²) in [7, 11) is -2.80. The molecule has 0 N–H and O–H groups in total. The van der Waals surface area contributed by atoms with Crippen LogP contribution in [0.15, 0.2) is 115 Å². The molecule has 0 aliphatic carbocycles. The molecule has 4 aromatic heterocycles. The smallest absolute Gasteiger partial charge is 0.394 e. The van der Waals surface area contributed by atoms with E-state index in [-0.39, 0.29) is 4.81 Å². The highest BCUT2D eigenvalue weighted by molar-refractivity contribution is 7.23. The lowest BCUT2D eigenvalue weighted by Crippen LogP contribution is -2.90. The highest BCUT2D eigenvalue weighted by Gasteiger charge is 2.74. The van der Waals surface area contributed by atoms with Gasteiger partial charge in [0.25, 0.3) is 0 Å². The molecule has 9 heteroatoms. The van der Waals surface area contributed by atoms with Crippen molar-refractivity contribution in [3.8, 4) is 39.8 Å². The highest BCUT2D eigenvalue weighted by atomic mass is 28.3. The summed E-state index contributed by atoms with van der Waals surface area (Å²) >= 11 is 0. The number of rotatable bonds is 0. The number of hydrogen-bond donors (Lipinski definition) is 0. The molecule has 9 heterocycles. The van der Waals surface area contributed by atoms with E-state index in [1.807, 2.05) is 12.3 Å². The molecule has 2 spiro atoms. The SMILES string of the molecule is Cc1cc2n(n1)[N+]13c4c(ccc5c4-n4c6c(cccc6c6ccn[n+]1c64)[Si]51c4ccccc4-c4ccccc41)Oc1cccc-2[n+]13. The zero-order chi connectivity index (χ0) is 29.7. The number of ether oxygens (including phenoxy) is 1. The van der Waals surface area contributed by atoms with Crippen LogP contribution in [0, 0.1) is 6.92 Å². The highest BCUT2D eigenvalue weighted by Crippen LogP contribution is 2.51. The first-order valence-electron chi connectivity index (χ1n) is 15.7. The standard InChI is InChI=1S/C37H22N7OSi/c1-21-20-27-26-11-7-15-33-41(26)44(42(27)39-21)36-28(45-33)16-17-32-35(36)40-34-24(25-18-19-38-43(44)37(25)40)10-6-14-31(34)46(32)29-12-4-2-8-22(29)23-9-3-5-13-30(23)46/h2-20H,1H3/q+3. The van der Waals surface area contributed by atoms with Crippen LogP contribution in [0.4, 0.5) is 5.69 Å². The van der Waals surface area contributed by atoms with Crippen molar-refractivity contribution in [2.75, 3.05) is 0 Å². The molecule has 46 heavy (non-hydrogen) atoms. The summed E-state index contributed by atoms with van der Waals surface area (Å²) in [6.07, 6.45) is 1.94. The van der Waals surface area contributed by atoms with Crippen LogP contribution in [0.3, 0.4) is 0 Å². The van der Waals surface area contributed by atoms with Gasteiger partial charge < -0.3 is 4.74 Å². The number of pyridine rings is 1. The molecule has 212 valence electrons. The Morgan fingerprint density at radius 1 is 0.761 bits per heavy atom. The number of hydrogen-bond acceptors (Lipinski definition) is 3. The number of aryl methyl sites for hydroxylation is 1. The Balaban J connectivity index is 1.36. The fraction of sp³-hybridized carbons (Fsp3) is 0.0270. The molecular weight excluding hydrogens is 587 g/mol. The molecular formula is C37H22N7OSi+3. The van der Waals surface area contributed by atoms with E-state index in [0.29, 0.717) is 0 Å². The second-order valence-electron chi connectivity index (χ2n) is 12.9. The molecule has 8 aromatic rings. The van der Waals surface area contributed by atoms with Gasteiger partial charge in [0, 0.05) is 26.6 Å². The van der Waals surface area contributed by atoms with Crippen molar-refractivity contribution < 1.29 is 14.2 Å². The minimum Gasteiger partial charge on any atom is -0.394 e. The van der Waals surface area contributed by atoms with Gasteiger partial charge in [0.1, 0.15) is 15.0 Å². The quantitative estimate of drug-likeness (QED) is 0.151. The van der Waals surface area contributed by atoms with Crippen LogP contribution in [0.5, 0.6) is 11.6 Å². The molecule has 0 radical (unpaired) electrons. The van der Waals surface area contributed by atoms with Crippen LogP contribution >= 0.6 is 0 Å².